The largest absolute Gasteiger partial charge is 0.363 e. The van der Waals surface area contributed by atoms with E-state index < -0.39 is 0 Å². The number of nitrogens with zero attached hydrogens (tertiary/aromatic N) is 1. The summed E-state index contributed by atoms with van der Waals surface area (Å²) in [6.45, 7) is 5.44. The Morgan fingerprint density at radius 1 is 1.20 bits per heavy atom. The van der Waals surface area contributed by atoms with Gasteiger partial charge in [-0.15, -0.1) is 0 Å². The van der Waals surface area contributed by atoms with Crippen molar-refractivity contribution in [3.63, 3.8) is 0 Å². The van der Waals surface area contributed by atoms with Crippen molar-refractivity contribution >= 4 is 5.91 Å². The maximum Gasteiger partial charge on any atom is 0.248 e. The summed E-state index contributed by atoms with van der Waals surface area (Å²) >= 11 is 0. The molecule has 1 N–H and O–H groups in total. The third kappa shape index (κ3) is 2.86. The van der Waals surface area contributed by atoms with E-state index in [0.717, 1.165) is 19.6 Å². The second kappa shape index (κ2) is 6.02. The van der Waals surface area contributed by atoms with E-state index in [1.807, 2.05) is 0 Å². The number of carbonyl (C=O) groups is 1. The van der Waals surface area contributed by atoms with Crippen molar-refractivity contribution in [3.8, 4) is 0 Å². The number of ether oxygens (including phenoxy) is 1. The number of morpholine rings is 1. The van der Waals surface area contributed by atoms with E-state index >= 15 is 0 Å². The zero-order valence-electron chi connectivity index (χ0n) is 12.7. The van der Waals surface area contributed by atoms with Gasteiger partial charge in [-0.2, -0.15) is 0 Å². The molecule has 3 rings (SSSR count). The van der Waals surface area contributed by atoms with Crippen molar-refractivity contribution in [1.82, 2.24) is 10.2 Å². The molecule has 0 bridgehead atoms. The average molecular weight is 280 g/mol. The first-order valence-electron chi connectivity index (χ1n) is 8.33. The molecule has 1 aliphatic carbocycles. The summed E-state index contributed by atoms with van der Waals surface area (Å²) in [5, 5.41) is 3.48. The van der Waals surface area contributed by atoms with Crippen molar-refractivity contribution in [2.75, 3.05) is 26.2 Å². The van der Waals surface area contributed by atoms with Crippen LogP contribution >= 0.6 is 0 Å². The van der Waals surface area contributed by atoms with Gasteiger partial charge in [0.05, 0.1) is 12.1 Å². The van der Waals surface area contributed by atoms with E-state index in [2.05, 4.69) is 17.1 Å². The standard InChI is InChI=1S/C16H28N2O2/c1-16(13-6-5-9-17-10-13)12-18(15(19)11-20-16)14-7-3-2-4-8-14/h13-14,17H,2-12H2,1H3. The topological polar surface area (TPSA) is 41.6 Å². The van der Waals surface area contributed by atoms with E-state index in [9.17, 15) is 4.79 Å². The minimum Gasteiger partial charge on any atom is -0.363 e. The van der Waals surface area contributed by atoms with Crippen molar-refractivity contribution < 1.29 is 9.53 Å². The van der Waals surface area contributed by atoms with Crippen LogP contribution in [0, 0.1) is 5.92 Å². The van der Waals surface area contributed by atoms with Crippen LogP contribution in [0.5, 0.6) is 0 Å². The lowest BCUT2D eigenvalue weighted by Crippen LogP contribution is -2.61. The van der Waals surface area contributed by atoms with Gasteiger partial charge in [-0.25, -0.2) is 0 Å². The van der Waals surface area contributed by atoms with Crippen LogP contribution in [0.15, 0.2) is 0 Å². The van der Waals surface area contributed by atoms with Crippen LogP contribution in [0.3, 0.4) is 0 Å². The summed E-state index contributed by atoms with van der Waals surface area (Å²) < 4.78 is 6.01. The minimum absolute atomic E-state index is 0.154. The summed E-state index contributed by atoms with van der Waals surface area (Å²) in [5.41, 5.74) is -0.154. The predicted octanol–water partition coefficient (Wildman–Crippen LogP) is 1.94. The van der Waals surface area contributed by atoms with Crippen LogP contribution in [-0.4, -0.2) is 48.7 Å². The van der Waals surface area contributed by atoms with Gasteiger partial charge in [0.2, 0.25) is 5.91 Å². The number of hydrogen-bond donors (Lipinski definition) is 1. The average Bonchev–Trinajstić information content (AvgIpc) is 2.52. The van der Waals surface area contributed by atoms with Gasteiger partial charge >= 0.3 is 0 Å². The smallest absolute Gasteiger partial charge is 0.248 e. The molecule has 4 heteroatoms. The number of nitrogens with one attached hydrogen (secondary N) is 1. The Morgan fingerprint density at radius 2 is 2.00 bits per heavy atom. The molecule has 2 saturated heterocycles. The highest BCUT2D eigenvalue weighted by Crippen LogP contribution is 2.34. The highest BCUT2D eigenvalue weighted by atomic mass is 16.5. The van der Waals surface area contributed by atoms with Gasteiger partial charge < -0.3 is 15.0 Å². The Bertz CT molecular complexity index is 348. The Balaban J connectivity index is 1.69. The Kier molecular flexibility index (Phi) is 4.32. The first-order valence-corrected chi connectivity index (χ1v) is 8.33. The van der Waals surface area contributed by atoms with E-state index in [1.165, 1.54) is 44.9 Å². The van der Waals surface area contributed by atoms with Gasteiger partial charge in [-0.05, 0) is 39.2 Å². The quantitative estimate of drug-likeness (QED) is 0.840. The Morgan fingerprint density at radius 3 is 2.70 bits per heavy atom. The Labute approximate surface area is 122 Å². The second-order valence-corrected chi connectivity index (χ2v) is 6.96. The molecule has 3 fully saturated rings. The van der Waals surface area contributed by atoms with Crippen LogP contribution in [0.25, 0.3) is 0 Å². The highest BCUT2D eigenvalue weighted by Gasteiger charge is 2.44. The molecule has 2 atom stereocenters. The van der Waals surface area contributed by atoms with Gasteiger partial charge in [-0.3, -0.25) is 4.79 Å². The molecule has 1 saturated carbocycles. The lowest BCUT2D eigenvalue weighted by molar-refractivity contribution is -0.176. The third-order valence-corrected chi connectivity index (χ3v) is 5.51. The summed E-state index contributed by atoms with van der Waals surface area (Å²) in [5.74, 6) is 0.744. The molecule has 0 aromatic rings. The molecule has 0 aromatic heterocycles. The maximum atomic E-state index is 12.2. The molecule has 0 aromatic carbocycles. The van der Waals surface area contributed by atoms with Gasteiger partial charge in [0.25, 0.3) is 0 Å². The summed E-state index contributed by atoms with van der Waals surface area (Å²) in [4.78, 5) is 14.4. The fraction of sp³-hybridized carbons (Fsp3) is 0.938. The first kappa shape index (κ1) is 14.3. The first-order chi connectivity index (χ1) is 9.69. The number of piperidine rings is 1. The zero-order valence-corrected chi connectivity index (χ0v) is 12.7. The maximum absolute atomic E-state index is 12.2. The lowest BCUT2D eigenvalue weighted by Gasteiger charge is -2.48. The molecule has 3 aliphatic rings. The lowest BCUT2D eigenvalue weighted by atomic mass is 9.81. The molecule has 20 heavy (non-hydrogen) atoms. The van der Waals surface area contributed by atoms with E-state index in [-0.39, 0.29) is 18.1 Å². The van der Waals surface area contributed by atoms with E-state index in [0.29, 0.717) is 12.0 Å². The van der Waals surface area contributed by atoms with Crippen molar-refractivity contribution in [3.05, 3.63) is 0 Å². The number of amides is 1. The number of rotatable bonds is 2. The molecule has 1 amide bonds. The third-order valence-electron chi connectivity index (χ3n) is 5.51. The monoisotopic (exact) mass is 280 g/mol. The Hall–Kier alpha value is -0.610. The molecule has 2 unspecified atom stereocenters. The van der Waals surface area contributed by atoms with Crippen molar-refractivity contribution in [2.45, 2.75) is 63.5 Å². The zero-order chi connectivity index (χ0) is 14.0. The van der Waals surface area contributed by atoms with E-state index in [4.69, 9.17) is 4.74 Å². The normalized spacial score (nSPS) is 37.1. The number of hydrogen-bond acceptors (Lipinski definition) is 3. The van der Waals surface area contributed by atoms with Gasteiger partial charge in [0.15, 0.2) is 0 Å². The molecule has 114 valence electrons. The second-order valence-electron chi connectivity index (χ2n) is 6.96. The summed E-state index contributed by atoms with van der Waals surface area (Å²) in [6.07, 6.45) is 8.69. The summed E-state index contributed by atoms with van der Waals surface area (Å²) in [6, 6.07) is 0.469. The molecule has 0 radical (unpaired) electrons. The number of carbonyl (C=O) groups excluding carboxylic acids is 1. The van der Waals surface area contributed by atoms with Gasteiger partial charge in [-0.1, -0.05) is 19.3 Å². The molecule has 2 aliphatic heterocycles. The molecular weight excluding hydrogens is 252 g/mol. The van der Waals surface area contributed by atoms with Crippen molar-refractivity contribution in [1.29, 1.82) is 0 Å². The fourth-order valence-corrected chi connectivity index (χ4v) is 4.13. The van der Waals surface area contributed by atoms with Gasteiger partial charge in [0, 0.05) is 18.5 Å². The molecular formula is C16H28N2O2. The van der Waals surface area contributed by atoms with Crippen LogP contribution in [0.4, 0.5) is 0 Å². The SMILES string of the molecule is CC1(C2CCCNC2)CN(C2CCCCC2)C(=O)CO1. The van der Waals surface area contributed by atoms with Crippen LogP contribution < -0.4 is 5.32 Å². The van der Waals surface area contributed by atoms with Crippen LogP contribution in [-0.2, 0) is 9.53 Å². The van der Waals surface area contributed by atoms with Gasteiger partial charge in [0.1, 0.15) is 6.61 Å². The molecule has 2 heterocycles. The van der Waals surface area contributed by atoms with Crippen LogP contribution in [0.1, 0.15) is 51.9 Å². The fourth-order valence-electron chi connectivity index (χ4n) is 4.13. The van der Waals surface area contributed by atoms with Crippen molar-refractivity contribution in [2.24, 2.45) is 5.92 Å². The highest BCUT2D eigenvalue weighted by molar-refractivity contribution is 5.78. The predicted molar refractivity (Wildman–Crippen MR) is 78.5 cm³/mol. The molecule has 0 spiro atoms. The van der Waals surface area contributed by atoms with Crippen LogP contribution in [0.2, 0.25) is 0 Å². The van der Waals surface area contributed by atoms with E-state index in [1.54, 1.807) is 0 Å². The molecule has 4 nitrogen and oxygen atoms in total. The summed E-state index contributed by atoms with van der Waals surface area (Å²) in [7, 11) is 0. The minimum atomic E-state index is -0.154.